The molecule has 0 aliphatic carbocycles. The minimum absolute atomic E-state index is 0.101. The fraction of sp³-hybridized carbons (Fsp3) is 0.688. The van der Waals surface area contributed by atoms with Gasteiger partial charge in [-0.1, -0.05) is 13.8 Å². The van der Waals surface area contributed by atoms with Gasteiger partial charge < -0.3 is 14.6 Å². The van der Waals surface area contributed by atoms with Gasteiger partial charge in [0.15, 0.2) is 0 Å². The summed E-state index contributed by atoms with van der Waals surface area (Å²) in [5.74, 6) is 2.32. The van der Waals surface area contributed by atoms with Gasteiger partial charge in [0.1, 0.15) is 11.5 Å². The Labute approximate surface area is 121 Å². The molecule has 1 aromatic rings. The molecule has 1 saturated heterocycles. The van der Waals surface area contributed by atoms with Gasteiger partial charge in [-0.05, 0) is 38.8 Å². The number of piperidine rings is 1. The third-order valence-electron chi connectivity index (χ3n) is 3.97. The van der Waals surface area contributed by atoms with Crippen molar-refractivity contribution in [3.05, 3.63) is 23.7 Å². The van der Waals surface area contributed by atoms with E-state index in [0.29, 0.717) is 6.04 Å². The lowest BCUT2D eigenvalue weighted by Gasteiger charge is -2.34. The van der Waals surface area contributed by atoms with E-state index in [0.717, 1.165) is 37.5 Å². The van der Waals surface area contributed by atoms with Gasteiger partial charge in [0.05, 0.1) is 6.04 Å². The van der Waals surface area contributed by atoms with Gasteiger partial charge in [-0.15, -0.1) is 0 Å². The van der Waals surface area contributed by atoms with Crippen LogP contribution in [0.3, 0.4) is 0 Å². The lowest BCUT2D eigenvalue weighted by Crippen LogP contribution is -2.46. The molecule has 2 heterocycles. The molecular formula is C16H26N2O2. The molecule has 20 heavy (non-hydrogen) atoms. The van der Waals surface area contributed by atoms with Gasteiger partial charge in [-0.25, -0.2) is 0 Å². The summed E-state index contributed by atoms with van der Waals surface area (Å²) in [6, 6.07) is 4.72. The second kappa shape index (κ2) is 6.44. The zero-order chi connectivity index (χ0) is 14.7. The molecule has 1 unspecified atom stereocenters. The van der Waals surface area contributed by atoms with Crippen molar-refractivity contribution < 1.29 is 9.21 Å². The lowest BCUT2D eigenvalue weighted by molar-refractivity contribution is -0.135. The van der Waals surface area contributed by atoms with E-state index in [1.807, 2.05) is 37.8 Å². The number of likely N-dealkylation sites (tertiary alicyclic amines) is 1. The van der Waals surface area contributed by atoms with Gasteiger partial charge in [-0.3, -0.25) is 4.79 Å². The van der Waals surface area contributed by atoms with Gasteiger partial charge >= 0.3 is 0 Å². The Morgan fingerprint density at radius 3 is 2.45 bits per heavy atom. The molecule has 1 aliphatic rings. The Balaban J connectivity index is 1.81. The maximum Gasteiger partial charge on any atom is 0.225 e. The van der Waals surface area contributed by atoms with E-state index in [2.05, 4.69) is 12.2 Å². The Bertz CT molecular complexity index is 445. The molecular weight excluding hydrogens is 252 g/mol. The molecule has 112 valence electrons. The first kappa shape index (κ1) is 15.1. The molecule has 0 spiro atoms. The predicted molar refractivity (Wildman–Crippen MR) is 79.4 cm³/mol. The number of furan rings is 1. The van der Waals surface area contributed by atoms with Crippen molar-refractivity contribution >= 4 is 5.91 Å². The van der Waals surface area contributed by atoms with E-state index in [4.69, 9.17) is 4.42 Å². The van der Waals surface area contributed by atoms with Crippen molar-refractivity contribution in [2.45, 2.75) is 52.6 Å². The normalized spacial score (nSPS) is 18.6. The second-order valence-electron chi connectivity index (χ2n) is 6.09. The van der Waals surface area contributed by atoms with E-state index in [-0.39, 0.29) is 17.9 Å². The van der Waals surface area contributed by atoms with Gasteiger partial charge in [0.2, 0.25) is 5.91 Å². The SMILES string of the molecule is Cc1ccc(C(C)NC2CCN(C(=O)C(C)C)CC2)o1. The standard InChI is InChI=1S/C16H26N2O2/c1-11(2)16(19)18-9-7-14(8-10-18)17-13(4)15-6-5-12(3)20-15/h5-6,11,13-14,17H,7-10H2,1-4H3. The van der Waals surface area contributed by atoms with Crippen LogP contribution in [0.2, 0.25) is 0 Å². The highest BCUT2D eigenvalue weighted by Gasteiger charge is 2.25. The van der Waals surface area contributed by atoms with Crippen molar-refractivity contribution in [3.63, 3.8) is 0 Å². The van der Waals surface area contributed by atoms with Crippen LogP contribution in [0.4, 0.5) is 0 Å². The minimum atomic E-state index is 0.101. The van der Waals surface area contributed by atoms with E-state index in [1.54, 1.807) is 0 Å². The van der Waals surface area contributed by atoms with Crippen LogP contribution in [-0.2, 0) is 4.79 Å². The second-order valence-corrected chi connectivity index (χ2v) is 6.09. The maximum atomic E-state index is 11.9. The first-order valence-corrected chi connectivity index (χ1v) is 7.58. The van der Waals surface area contributed by atoms with Gasteiger partial charge in [0.25, 0.3) is 0 Å². The van der Waals surface area contributed by atoms with Crippen LogP contribution in [0.15, 0.2) is 16.5 Å². The van der Waals surface area contributed by atoms with E-state index in [1.165, 1.54) is 0 Å². The molecule has 0 aromatic carbocycles. The summed E-state index contributed by atoms with van der Waals surface area (Å²) < 4.78 is 5.65. The third kappa shape index (κ3) is 3.63. The summed E-state index contributed by atoms with van der Waals surface area (Å²) in [5, 5.41) is 3.61. The number of rotatable bonds is 4. The van der Waals surface area contributed by atoms with Gasteiger partial charge in [0, 0.05) is 25.0 Å². The van der Waals surface area contributed by atoms with Crippen LogP contribution in [-0.4, -0.2) is 29.9 Å². The molecule has 0 bridgehead atoms. The van der Waals surface area contributed by atoms with Gasteiger partial charge in [-0.2, -0.15) is 0 Å². The first-order valence-electron chi connectivity index (χ1n) is 7.58. The summed E-state index contributed by atoms with van der Waals surface area (Å²) >= 11 is 0. The molecule has 1 atom stereocenters. The zero-order valence-electron chi connectivity index (χ0n) is 13.0. The quantitative estimate of drug-likeness (QED) is 0.921. The Morgan fingerprint density at radius 2 is 1.95 bits per heavy atom. The van der Waals surface area contributed by atoms with Crippen LogP contribution in [0.1, 0.15) is 51.2 Å². The van der Waals surface area contributed by atoms with Crippen LogP contribution in [0, 0.1) is 12.8 Å². The molecule has 4 heteroatoms. The molecule has 1 amide bonds. The number of carbonyl (C=O) groups is 1. The first-order chi connectivity index (χ1) is 9.47. The number of aryl methyl sites for hydroxylation is 1. The molecule has 0 radical (unpaired) electrons. The Morgan fingerprint density at radius 1 is 1.30 bits per heavy atom. The number of carbonyl (C=O) groups excluding carboxylic acids is 1. The fourth-order valence-corrected chi connectivity index (χ4v) is 2.75. The predicted octanol–water partition coefficient (Wildman–Crippen LogP) is 2.89. The highest BCUT2D eigenvalue weighted by atomic mass is 16.3. The molecule has 0 saturated carbocycles. The Kier molecular flexibility index (Phi) is 4.86. The molecule has 4 nitrogen and oxygen atoms in total. The highest BCUT2D eigenvalue weighted by molar-refractivity contribution is 5.78. The van der Waals surface area contributed by atoms with E-state index in [9.17, 15) is 4.79 Å². The van der Waals surface area contributed by atoms with Crippen LogP contribution in [0.25, 0.3) is 0 Å². The van der Waals surface area contributed by atoms with Crippen molar-refractivity contribution in [2.75, 3.05) is 13.1 Å². The summed E-state index contributed by atoms with van der Waals surface area (Å²) in [5.41, 5.74) is 0. The van der Waals surface area contributed by atoms with Crippen molar-refractivity contribution in [3.8, 4) is 0 Å². The number of nitrogens with one attached hydrogen (secondary N) is 1. The monoisotopic (exact) mass is 278 g/mol. The fourth-order valence-electron chi connectivity index (χ4n) is 2.75. The van der Waals surface area contributed by atoms with Crippen molar-refractivity contribution in [1.29, 1.82) is 0 Å². The third-order valence-corrected chi connectivity index (χ3v) is 3.97. The zero-order valence-corrected chi connectivity index (χ0v) is 13.0. The van der Waals surface area contributed by atoms with Crippen molar-refractivity contribution in [1.82, 2.24) is 10.2 Å². The smallest absolute Gasteiger partial charge is 0.225 e. The highest BCUT2D eigenvalue weighted by Crippen LogP contribution is 2.20. The summed E-state index contributed by atoms with van der Waals surface area (Å²) in [4.78, 5) is 13.9. The average molecular weight is 278 g/mol. The van der Waals surface area contributed by atoms with Crippen LogP contribution < -0.4 is 5.32 Å². The summed E-state index contributed by atoms with van der Waals surface area (Å²) in [6.07, 6.45) is 2.03. The maximum absolute atomic E-state index is 11.9. The average Bonchev–Trinajstić information content (AvgIpc) is 2.85. The summed E-state index contributed by atoms with van der Waals surface area (Å²) in [6.45, 7) is 9.75. The molecule has 1 aromatic heterocycles. The topological polar surface area (TPSA) is 45.5 Å². The molecule has 1 N–H and O–H groups in total. The minimum Gasteiger partial charge on any atom is -0.465 e. The van der Waals surface area contributed by atoms with Crippen LogP contribution >= 0.6 is 0 Å². The molecule has 1 fully saturated rings. The molecule has 2 rings (SSSR count). The number of nitrogens with zero attached hydrogens (tertiary/aromatic N) is 1. The Hall–Kier alpha value is -1.29. The van der Waals surface area contributed by atoms with E-state index < -0.39 is 0 Å². The molecule has 1 aliphatic heterocycles. The van der Waals surface area contributed by atoms with Crippen molar-refractivity contribution in [2.24, 2.45) is 5.92 Å². The summed E-state index contributed by atoms with van der Waals surface area (Å²) in [7, 11) is 0. The number of hydrogen-bond donors (Lipinski definition) is 1. The largest absolute Gasteiger partial charge is 0.465 e. The van der Waals surface area contributed by atoms with Crippen LogP contribution in [0.5, 0.6) is 0 Å². The number of hydrogen-bond acceptors (Lipinski definition) is 3. The van der Waals surface area contributed by atoms with E-state index >= 15 is 0 Å². The number of amides is 1. The lowest BCUT2D eigenvalue weighted by atomic mass is 10.0.